The van der Waals surface area contributed by atoms with Gasteiger partial charge in [0.1, 0.15) is 0 Å². The number of likely N-dealkylation sites (N-methyl/N-ethyl adjacent to an activating group) is 1. The molecule has 2 rings (SSSR count). The summed E-state index contributed by atoms with van der Waals surface area (Å²) in [6, 6.07) is 15.8. The Morgan fingerprint density at radius 1 is 1.00 bits per heavy atom. The summed E-state index contributed by atoms with van der Waals surface area (Å²) in [5.74, 6) is -0.179. The maximum Gasteiger partial charge on any atom is 0.157 e. The first-order chi connectivity index (χ1) is 10.6. The topological polar surface area (TPSA) is 78.5 Å². The van der Waals surface area contributed by atoms with Gasteiger partial charge in [-0.2, -0.15) is 0 Å². The van der Waals surface area contributed by atoms with E-state index in [0.717, 1.165) is 12.0 Å². The van der Waals surface area contributed by atoms with E-state index in [1.54, 1.807) is 6.07 Å². The normalized spacial score (nSPS) is 11.4. The molecule has 0 amide bonds. The zero-order valence-corrected chi connectivity index (χ0v) is 13.3. The van der Waals surface area contributed by atoms with Gasteiger partial charge in [0.25, 0.3) is 0 Å². The van der Waals surface area contributed by atoms with Gasteiger partial charge in [-0.3, -0.25) is 0 Å². The molecule has 0 heterocycles. The summed E-state index contributed by atoms with van der Waals surface area (Å²) in [5, 5.41) is 21.2. The fourth-order valence-corrected chi connectivity index (χ4v) is 1.96. The van der Waals surface area contributed by atoms with Gasteiger partial charge in [-0.15, -0.1) is 0 Å². The highest BCUT2D eigenvalue weighted by Crippen LogP contribution is 2.24. The number of nitrogens with one attached hydrogen (secondary N) is 1. The zero-order valence-electron chi connectivity index (χ0n) is 13.3. The molecule has 120 valence electrons. The SMILES string of the molecule is CN[C@@H](C)Cc1ccccc1.NCCc1ccc(O)c(O)c1. The summed E-state index contributed by atoms with van der Waals surface area (Å²) in [7, 11) is 1.99. The molecular weight excluding hydrogens is 276 g/mol. The van der Waals surface area contributed by atoms with Gasteiger partial charge in [0.05, 0.1) is 0 Å². The summed E-state index contributed by atoms with van der Waals surface area (Å²) >= 11 is 0. The molecule has 0 fully saturated rings. The monoisotopic (exact) mass is 302 g/mol. The number of rotatable bonds is 5. The molecule has 0 saturated heterocycles. The van der Waals surface area contributed by atoms with E-state index >= 15 is 0 Å². The summed E-state index contributed by atoms with van der Waals surface area (Å²) in [5.41, 5.74) is 7.64. The summed E-state index contributed by atoms with van der Waals surface area (Å²) in [6.07, 6.45) is 1.82. The Kier molecular flexibility index (Phi) is 8.04. The van der Waals surface area contributed by atoms with Crippen molar-refractivity contribution in [3.8, 4) is 11.5 Å². The van der Waals surface area contributed by atoms with Gasteiger partial charge >= 0.3 is 0 Å². The standard InChI is InChI=1S/C10H15N.C8H11NO2/c1-9(11-2)8-10-6-4-3-5-7-10;9-4-3-6-1-2-7(10)8(11)5-6/h3-7,9,11H,8H2,1-2H3;1-2,5,10-11H,3-4,9H2/t9-;/m0./s1. The lowest BCUT2D eigenvalue weighted by Gasteiger charge is -2.08. The van der Waals surface area contributed by atoms with Crippen molar-refractivity contribution in [2.24, 2.45) is 5.73 Å². The van der Waals surface area contributed by atoms with E-state index in [4.69, 9.17) is 15.9 Å². The predicted molar refractivity (Wildman–Crippen MR) is 91.2 cm³/mol. The van der Waals surface area contributed by atoms with Crippen LogP contribution in [0.2, 0.25) is 0 Å². The molecular formula is C18H26N2O2. The summed E-state index contributed by atoms with van der Waals surface area (Å²) in [6.45, 7) is 2.73. The molecule has 0 aliphatic carbocycles. The molecule has 0 aliphatic heterocycles. The second-order valence-corrected chi connectivity index (χ2v) is 5.24. The Balaban J connectivity index is 0.000000220. The van der Waals surface area contributed by atoms with Crippen molar-refractivity contribution in [2.75, 3.05) is 13.6 Å². The van der Waals surface area contributed by atoms with Gasteiger partial charge in [0.15, 0.2) is 11.5 Å². The van der Waals surface area contributed by atoms with E-state index in [1.165, 1.54) is 17.7 Å². The Bertz CT molecular complexity index is 544. The first-order valence-corrected chi connectivity index (χ1v) is 7.49. The average Bonchev–Trinajstić information content (AvgIpc) is 2.53. The largest absolute Gasteiger partial charge is 0.504 e. The van der Waals surface area contributed by atoms with Crippen molar-refractivity contribution in [1.82, 2.24) is 5.32 Å². The van der Waals surface area contributed by atoms with E-state index in [2.05, 4.69) is 36.5 Å². The minimum Gasteiger partial charge on any atom is -0.504 e. The molecule has 4 heteroatoms. The van der Waals surface area contributed by atoms with Crippen LogP contribution in [0.25, 0.3) is 0 Å². The van der Waals surface area contributed by atoms with Crippen LogP contribution >= 0.6 is 0 Å². The molecule has 0 aromatic heterocycles. The number of hydrogen-bond acceptors (Lipinski definition) is 4. The van der Waals surface area contributed by atoms with E-state index in [0.29, 0.717) is 19.0 Å². The molecule has 0 unspecified atom stereocenters. The molecule has 2 aromatic carbocycles. The molecule has 0 saturated carbocycles. The van der Waals surface area contributed by atoms with Crippen molar-refractivity contribution in [3.05, 3.63) is 59.7 Å². The van der Waals surface area contributed by atoms with Crippen LogP contribution in [0.15, 0.2) is 48.5 Å². The highest BCUT2D eigenvalue weighted by Gasteiger charge is 1.99. The van der Waals surface area contributed by atoms with Crippen LogP contribution in [0.1, 0.15) is 18.1 Å². The minimum absolute atomic E-state index is 0.0871. The number of benzene rings is 2. The fraction of sp³-hybridized carbons (Fsp3) is 0.333. The molecule has 2 aromatic rings. The Labute approximate surface area is 132 Å². The van der Waals surface area contributed by atoms with Gasteiger partial charge in [-0.1, -0.05) is 36.4 Å². The van der Waals surface area contributed by atoms with Gasteiger partial charge in [-0.05, 0) is 56.6 Å². The molecule has 0 aliphatic rings. The van der Waals surface area contributed by atoms with Crippen LogP contribution < -0.4 is 11.1 Å². The zero-order chi connectivity index (χ0) is 16.4. The molecule has 22 heavy (non-hydrogen) atoms. The second-order valence-electron chi connectivity index (χ2n) is 5.24. The molecule has 0 spiro atoms. The van der Waals surface area contributed by atoms with Crippen LogP contribution in [-0.4, -0.2) is 29.8 Å². The van der Waals surface area contributed by atoms with Gasteiger partial charge in [0, 0.05) is 6.04 Å². The van der Waals surface area contributed by atoms with Crippen molar-refractivity contribution in [3.63, 3.8) is 0 Å². The third-order valence-corrected chi connectivity index (χ3v) is 3.35. The third-order valence-electron chi connectivity index (χ3n) is 3.35. The molecule has 0 radical (unpaired) electrons. The fourth-order valence-electron chi connectivity index (χ4n) is 1.96. The maximum atomic E-state index is 9.04. The van der Waals surface area contributed by atoms with Gasteiger partial charge in [-0.25, -0.2) is 0 Å². The van der Waals surface area contributed by atoms with E-state index in [1.807, 2.05) is 13.1 Å². The van der Waals surface area contributed by atoms with E-state index in [9.17, 15) is 0 Å². The van der Waals surface area contributed by atoms with E-state index in [-0.39, 0.29) is 11.5 Å². The van der Waals surface area contributed by atoms with Crippen LogP contribution in [0.3, 0.4) is 0 Å². The first-order valence-electron chi connectivity index (χ1n) is 7.49. The van der Waals surface area contributed by atoms with Crippen molar-refractivity contribution in [1.29, 1.82) is 0 Å². The highest BCUT2D eigenvalue weighted by atomic mass is 16.3. The molecule has 4 nitrogen and oxygen atoms in total. The lowest BCUT2D eigenvalue weighted by molar-refractivity contribution is 0.403. The maximum absolute atomic E-state index is 9.04. The number of phenolic OH excluding ortho intramolecular Hbond substituents is 2. The first kappa shape index (κ1) is 18.0. The highest BCUT2D eigenvalue weighted by molar-refractivity contribution is 5.40. The second kappa shape index (κ2) is 9.82. The van der Waals surface area contributed by atoms with Crippen molar-refractivity contribution < 1.29 is 10.2 Å². The smallest absolute Gasteiger partial charge is 0.157 e. The lowest BCUT2D eigenvalue weighted by atomic mass is 10.1. The summed E-state index contributed by atoms with van der Waals surface area (Å²) in [4.78, 5) is 0. The number of phenols is 2. The number of nitrogens with two attached hydrogens (primary N) is 1. The summed E-state index contributed by atoms with van der Waals surface area (Å²) < 4.78 is 0. The Hall–Kier alpha value is -2.04. The van der Waals surface area contributed by atoms with Crippen molar-refractivity contribution >= 4 is 0 Å². The van der Waals surface area contributed by atoms with Gasteiger partial charge in [0.2, 0.25) is 0 Å². The van der Waals surface area contributed by atoms with Crippen LogP contribution in [0.4, 0.5) is 0 Å². The minimum atomic E-state index is -0.0919. The number of aromatic hydroxyl groups is 2. The Morgan fingerprint density at radius 2 is 1.68 bits per heavy atom. The molecule has 5 N–H and O–H groups in total. The molecule has 0 bridgehead atoms. The quantitative estimate of drug-likeness (QED) is 0.640. The predicted octanol–water partition coefficient (Wildman–Crippen LogP) is 2.44. The van der Waals surface area contributed by atoms with Crippen molar-refractivity contribution in [2.45, 2.75) is 25.8 Å². The Morgan fingerprint density at radius 3 is 2.23 bits per heavy atom. The molecule has 1 atom stereocenters. The third kappa shape index (κ3) is 6.61. The lowest BCUT2D eigenvalue weighted by Crippen LogP contribution is -2.23. The van der Waals surface area contributed by atoms with E-state index < -0.39 is 0 Å². The van der Waals surface area contributed by atoms with Crippen LogP contribution in [-0.2, 0) is 12.8 Å². The number of hydrogen-bond donors (Lipinski definition) is 4. The van der Waals surface area contributed by atoms with Crippen LogP contribution in [0, 0.1) is 0 Å². The van der Waals surface area contributed by atoms with Gasteiger partial charge < -0.3 is 21.3 Å². The average molecular weight is 302 g/mol. The van der Waals surface area contributed by atoms with Crippen LogP contribution in [0.5, 0.6) is 11.5 Å².